The maximum atomic E-state index is 12.1. The fraction of sp³-hybridized carbons (Fsp3) is 0.438. The Hall–Kier alpha value is -2.46. The Labute approximate surface area is 151 Å². The van der Waals surface area contributed by atoms with E-state index < -0.39 is 34.5 Å². The van der Waals surface area contributed by atoms with Gasteiger partial charge in [0.1, 0.15) is 0 Å². The first kappa shape index (κ1) is 19.9. The van der Waals surface area contributed by atoms with Gasteiger partial charge in [0.15, 0.2) is 6.10 Å². The molecule has 1 atom stereocenters. The highest BCUT2D eigenvalue weighted by molar-refractivity contribution is 7.89. The lowest BCUT2D eigenvalue weighted by Crippen LogP contribution is -2.38. The summed E-state index contributed by atoms with van der Waals surface area (Å²) in [5.74, 6) is -1.78. The number of hydrogen-bond donors (Lipinski definition) is 2. The molecule has 2 rings (SSSR count). The van der Waals surface area contributed by atoms with Gasteiger partial charge in [0.2, 0.25) is 15.9 Å². The SMILES string of the molecule is C[C@@H](OC(=O)c1ccc(S(=O)(=O)NCC(N)=O)cc1)C(=O)N1CCCC1. The van der Waals surface area contributed by atoms with E-state index in [0.29, 0.717) is 13.1 Å². The van der Waals surface area contributed by atoms with Crippen LogP contribution in [0.2, 0.25) is 0 Å². The first-order valence-corrected chi connectivity index (χ1v) is 9.57. The largest absolute Gasteiger partial charge is 0.449 e. The second kappa shape index (κ2) is 8.28. The van der Waals surface area contributed by atoms with Crippen molar-refractivity contribution in [3.8, 4) is 0 Å². The number of primary amides is 1. The molecule has 9 nitrogen and oxygen atoms in total. The highest BCUT2D eigenvalue weighted by Gasteiger charge is 2.26. The molecule has 1 heterocycles. The Morgan fingerprint density at radius 3 is 2.31 bits per heavy atom. The molecular formula is C16H21N3O6S. The minimum absolute atomic E-state index is 0.111. The number of likely N-dealkylation sites (tertiary alicyclic amines) is 1. The van der Waals surface area contributed by atoms with Crippen molar-refractivity contribution in [3.05, 3.63) is 29.8 Å². The van der Waals surface area contributed by atoms with Gasteiger partial charge in [-0.1, -0.05) is 0 Å². The van der Waals surface area contributed by atoms with Crippen LogP contribution in [0.5, 0.6) is 0 Å². The van der Waals surface area contributed by atoms with Crippen molar-refractivity contribution >= 4 is 27.8 Å². The molecule has 0 radical (unpaired) electrons. The molecule has 0 aromatic heterocycles. The summed E-state index contributed by atoms with van der Waals surface area (Å²) in [6.07, 6.45) is 0.958. The maximum absolute atomic E-state index is 12.1. The standard InChI is InChI=1S/C16H21N3O6S/c1-11(15(21)19-8-2-3-9-19)25-16(22)12-4-6-13(7-5-12)26(23,24)18-10-14(17)20/h4-7,11,18H,2-3,8-10H2,1H3,(H2,17,20)/t11-/m1/s1. The van der Waals surface area contributed by atoms with E-state index in [9.17, 15) is 22.8 Å². The molecule has 3 N–H and O–H groups in total. The molecule has 0 spiro atoms. The zero-order valence-corrected chi connectivity index (χ0v) is 15.1. The summed E-state index contributed by atoms with van der Waals surface area (Å²) >= 11 is 0. The minimum Gasteiger partial charge on any atom is -0.449 e. The second-order valence-electron chi connectivity index (χ2n) is 5.90. The first-order chi connectivity index (χ1) is 12.2. The number of esters is 1. The molecule has 1 fully saturated rings. The lowest BCUT2D eigenvalue weighted by molar-refractivity contribution is -0.138. The van der Waals surface area contributed by atoms with Gasteiger partial charge in [-0.25, -0.2) is 17.9 Å². The number of amides is 2. The lowest BCUT2D eigenvalue weighted by atomic mass is 10.2. The lowest BCUT2D eigenvalue weighted by Gasteiger charge is -2.20. The van der Waals surface area contributed by atoms with Crippen molar-refractivity contribution in [2.24, 2.45) is 5.73 Å². The average molecular weight is 383 g/mol. The Morgan fingerprint density at radius 1 is 1.19 bits per heavy atom. The smallest absolute Gasteiger partial charge is 0.338 e. The molecule has 142 valence electrons. The molecule has 1 aliphatic rings. The topological polar surface area (TPSA) is 136 Å². The van der Waals surface area contributed by atoms with Crippen LogP contribution in [0.4, 0.5) is 0 Å². The second-order valence-corrected chi connectivity index (χ2v) is 7.66. The fourth-order valence-electron chi connectivity index (χ4n) is 2.49. The summed E-state index contributed by atoms with van der Waals surface area (Å²) in [4.78, 5) is 36.5. The molecular weight excluding hydrogens is 362 g/mol. The monoisotopic (exact) mass is 383 g/mol. The normalized spacial score (nSPS) is 15.5. The molecule has 2 amide bonds. The zero-order valence-electron chi connectivity index (χ0n) is 14.3. The molecule has 10 heteroatoms. The van der Waals surface area contributed by atoms with Gasteiger partial charge in [-0.15, -0.1) is 0 Å². The van der Waals surface area contributed by atoms with Gasteiger partial charge in [0.25, 0.3) is 5.91 Å². The summed E-state index contributed by atoms with van der Waals surface area (Å²) < 4.78 is 31.1. The zero-order chi connectivity index (χ0) is 19.3. The van der Waals surface area contributed by atoms with Crippen LogP contribution in [-0.2, 0) is 24.3 Å². The summed E-state index contributed by atoms with van der Waals surface area (Å²) in [6, 6.07) is 4.95. The van der Waals surface area contributed by atoms with Crippen molar-refractivity contribution in [1.82, 2.24) is 9.62 Å². The van der Waals surface area contributed by atoms with Crippen molar-refractivity contribution in [2.45, 2.75) is 30.8 Å². The third-order valence-corrected chi connectivity index (χ3v) is 5.30. The Kier molecular flexibility index (Phi) is 6.32. The van der Waals surface area contributed by atoms with Crippen LogP contribution in [0.25, 0.3) is 0 Å². The number of hydrogen-bond acceptors (Lipinski definition) is 6. The van der Waals surface area contributed by atoms with Crippen molar-refractivity contribution in [3.63, 3.8) is 0 Å². The van der Waals surface area contributed by atoms with Gasteiger partial charge in [-0.3, -0.25) is 9.59 Å². The number of benzene rings is 1. The summed E-state index contributed by atoms with van der Waals surface area (Å²) in [6.45, 7) is 2.30. The van der Waals surface area contributed by atoms with Crippen LogP contribution in [0.3, 0.4) is 0 Å². The van der Waals surface area contributed by atoms with Crippen LogP contribution in [0, 0.1) is 0 Å². The summed E-state index contributed by atoms with van der Waals surface area (Å²) in [5.41, 5.74) is 5.01. The molecule has 1 aromatic rings. The summed E-state index contributed by atoms with van der Waals surface area (Å²) in [5, 5.41) is 0. The summed E-state index contributed by atoms with van der Waals surface area (Å²) in [7, 11) is -3.91. The fourth-order valence-corrected chi connectivity index (χ4v) is 3.49. The van der Waals surface area contributed by atoms with E-state index in [1.807, 2.05) is 4.72 Å². The van der Waals surface area contributed by atoms with Gasteiger partial charge >= 0.3 is 5.97 Å². The van der Waals surface area contributed by atoms with Gasteiger partial charge in [-0.05, 0) is 44.0 Å². The molecule has 0 aliphatic carbocycles. The van der Waals surface area contributed by atoms with Crippen molar-refractivity contribution in [2.75, 3.05) is 19.6 Å². The van der Waals surface area contributed by atoms with Crippen molar-refractivity contribution in [1.29, 1.82) is 0 Å². The Balaban J connectivity index is 1.99. The number of ether oxygens (including phenoxy) is 1. The molecule has 1 aliphatic heterocycles. The third kappa shape index (κ3) is 5.02. The van der Waals surface area contributed by atoms with E-state index in [1.54, 1.807) is 4.90 Å². The quantitative estimate of drug-likeness (QED) is 0.616. The van der Waals surface area contributed by atoms with Crippen LogP contribution in [-0.4, -0.2) is 56.8 Å². The first-order valence-electron chi connectivity index (χ1n) is 8.08. The molecule has 0 unspecified atom stereocenters. The van der Waals surface area contributed by atoms with E-state index in [0.717, 1.165) is 12.8 Å². The van der Waals surface area contributed by atoms with Crippen molar-refractivity contribution < 1.29 is 27.5 Å². The van der Waals surface area contributed by atoms with Crippen LogP contribution in [0.15, 0.2) is 29.2 Å². The minimum atomic E-state index is -3.91. The number of carbonyl (C=O) groups is 3. The third-order valence-electron chi connectivity index (χ3n) is 3.89. The molecule has 1 saturated heterocycles. The number of rotatable bonds is 7. The molecule has 0 bridgehead atoms. The van der Waals surface area contributed by atoms with E-state index >= 15 is 0 Å². The Morgan fingerprint density at radius 2 is 1.77 bits per heavy atom. The maximum Gasteiger partial charge on any atom is 0.338 e. The number of sulfonamides is 1. The van der Waals surface area contributed by atoms with E-state index in [4.69, 9.17) is 10.5 Å². The van der Waals surface area contributed by atoms with Crippen LogP contribution < -0.4 is 10.5 Å². The van der Waals surface area contributed by atoms with Gasteiger partial charge in [0, 0.05) is 13.1 Å². The predicted octanol–water partition coefficient (Wildman–Crippen LogP) is -0.382. The highest BCUT2D eigenvalue weighted by atomic mass is 32.2. The predicted molar refractivity (Wildman–Crippen MR) is 91.5 cm³/mol. The number of nitrogens with two attached hydrogens (primary N) is 1. The molecule has 0 saturated carbocycles. The van der Waals surface area contributed by atoms with E-state index in [-0.39, 0.29) is 16.4 Å². The Bertz CT molecular complexity index is 785. The van der Waals surface area contributed by atoms with Crippen LogP contribution >= 0.6 is 0 Å². The average Bonchev–Trinajstić information content (AvgIpc) is 3.14. The molecule has 26 heavy (non-hydrogen) atoms. The van der Waals surface area contributed by atoms with Gasteiger partial charge in [-0.2, -0.15) is 0 Å². The highest BCUT2D eigenvalue weighted by Crippen LogP contribution is 2.14. The number of carbonyl (C=O) groups excluding carboxylic acids is 3. The van der Waals surface area contributed by atoms with E-state index in [2.05, 4.69) is 0 Å². The molecule has 1 aromatic carbocycles. The van der Waals surface area contributed by atoms with E-state index in [1.165, 1.54) is 31.2 Å². The van der Waals surface area contributed by atoms with Gasteiger partial charge < -0.3 is 15.4 Å². The van der Waals surface area contributed by atoms with Gasteiger partial charge in [0.05, 0.1) is 17.0 Å². The number of nitrogens with zero attached hydrogens (tertiary/aromatic N) is 1. The number of nitrogens with one attached hydrogen (secondary N) is 1. The van der Waals surface area contributed by atoms with Crippen LogP contribution in [0.1, 0.15) is 30.1 Å².